The number of hydrogen-bond acceptors (Lipinski definition) is 1. The van der Waals surface area contributed by atoms with E-state index in [0.29, 0.717) is 6.54 Å². The Kier molecular flexibility index (Phi) is 5.64. The van der Waals surface area contributed by atoms with Crippen LogP contribution >= 0.6 is 15.9 Å². The summed E-state index contributed by atoms with van der Waals surface area (Å²) in [6.07, 6.45) is 4.44. The molecule has 86 valence electrons. The number of nitrogens with one attached hydrogen (secondary N) is 2. The summed E-state index contributed by atoms with van der Waals surface area (Å²) in [6.45, 7) is 2.52. The van der Waals surface area contributed by atoms with Gasteiger partial charge < -0.3 is 10.6 Å². The van der Waals surface area contributed by atoms with Gasteiger partial charge in [-0.15, -0.1) is 0 Å². The molecule has 0 saturated heterocycles. The molecule has 0 aliphatic carbocycles. The molecule has 0 radical (unpaired) electrons. The van der Waals surface area contributed by atoms with Crippen molar-refractivity contribution in [1.82, 2.24) is 10.6 Å². The van der Waals surface area contributed by atoms with E-state index >= 15 is 0 Å². The molecule has 0 fully saturated rings. The van der Waals surface area contributed by atoms with Crippen molar-refractivity contribution in [3.63, 3.8) is 0 Å². The fraction of sp³-hybridized carbons (Fsp3) is 0.250. The summed E-state index contributed by atoms with van der Waals surface area (Å²) in [4.78, 5) is 11.3. The zero-order chi connectivity index (χ0) is 11.8. The summed E-state index contributed by atoms with van der Waals surface area (Å²) in [6, 6.07) is 7.60. The molecule has 0 aliphatic heterocycles. The van der Waals surface area contributed by atoms with Crippen LogP contribution < -0.4 is 10.6 Å². The van der Waals surface area contributed by atoms with E-state index in [9.17, 15) is 4.79 Å². The largest absolute Gasteiger partial charge is 0.334 e. The molecule has 1 aromatic rings. The van der Waals surface area contributed by atoms with E-state index in [0.717, 1.165) is 16.5 Å². The Morgan fingerprint density at radius 1 is 1.44 bits per heavy atom. The molecule has 0 saturated carbocycles. The summed E-state index contributed by atoms with van der Waals surface area (Å²) in [5.41, 5.74) is 1.05. The number of carbonyl (C=O) groups is 1. The lowest BCUT2D eigenvalue weighted by atomic mass is 10.2. The maximum Gasteiger partial charge on any atom is 0.319 e. The summed E-state index contributed by atoms with van der Waals surface area (Å²) in [5.74, 6) is 0. The highest BCUT2D eigenvalue weighted by molar-refractivity contribution is 9.10. The minimum absolute atomic E-state index is 0.194. The third-order valence-corrected chi connectivity index (χ3v) is 2.74. The first kappa shape index (κ1) is 12.8. The van der Waals surface area contributed by atoms with E-state index in [1.165, 1.54) is 0 Å². The third kappa shape index (κ3) is 4.49. The number of allylic oxidation sites excluding steroid dienone is 1. The van der Waals surface area contributed by atoms with Crippen molar-refractivity contribution in [2.24, 2.45) is 0 Å². The van der Waals surface area contributed by atoms with E-state index < -0.39 is 0 Å². The number of urea groups is 1. The molecular formula is C12H15BrN2O. The van der Waals surface area contributed by atoms with Crippen molar-refractivity contribution < 1.29 is 4.79 Å². The van der Waals surface area contributed by atoms with Gasteiger partial charge in [-0.2, -0.15) is 0 Å². The predicted octanol–water partition coefficient (Wildman–Crippen LogP) is 3.17. The average molecular weight is 283 g/mol. The van der Waals surface area contributed by atoms with Crippen molar-refractivity contribution >= 4 is 22.0 Å². The van der Waals surface area contributed by atoms with Crippen LogP contribution in [-0.4, -0.2) is 6.03 Å². The minimum atomic E-state index is -0.194. The summed E-state index contributed by atoms with van der Waals surface area (Å²) in [7, 11) is 0. The van der Waals surface area contributed by atoms with Crippen LogP contribution in [0.5, 0.6) is 0 Å². The molecule has 0 atom stereocenters. The maximum atomic E-state index is 11.3. The highest BCUT2D eigenvalue weighted by Gasteiger charge is 2.00. The Bertz CT molecular complexity index is 377. The van der Waals surface area contributed by atoms with E-state index in [2.05, 4.69) is 26.6 Å². The molecule has 0 aromatic heterocycles. The zero-order valence-electron chi connectivity index (χ0n) is 9.16. The van der Waals surface area contributed by atoms with Gasteiger partial charge in [0.1, 0.15) is 0 Å². The van der Waals surface area contributed by atoms with Crippen molar-refractivity contribution in [3.8, 4) is 0 Å². The molecule has 0 bridgehead atoms. The number of halogens is 1. The number of amides is 2. The summed E-state index contributed by atoms with van der Waals surface area (Å²) in [5, 5.41) is 5.39. The second kappa shape index (κ2) is 7.06. The molecule has 1 aromatic carbocycles. The fourth-order valence-corrected chi connectivity index (χ4v) is 1.55. The van der Waals surface area contributed by atoms with E-state index in [1.54, 1.807) is 6.20 Å². The molecule has 2 amide bonds. The molecule has 3 nitrogen and oxygen atoms in total. The van der Waals surface area contributed by atoms with Gasteiger partial charge in [-0.05, 0) is 18.1 Å². The standard InChI is InChI=1S/C12H15BrN2O/c1-2-3-8-14-12(16)15-9-10-6-4-5-7-11(10)13/h3-8H,2,9H2,1H3,(H2,14,15,16)/b8-3+. The van der Waals surface area contributed by atoms with Gasteiger partial charge in [-0.25, -0.2) is 4.79 Å². The number of carbonyl (C=O) groups excluding carboxylic acids is 1. The first-order valence-corrected chi connectivity index (χ1v) is 5.96. The third-order valence-electron chi connectivity index (χ3n) is 1.97. The second-order valence-corrected chi connectivity index (χ2v) is 4.08. The van der Waals surface area contributed by atoms with Crippen LogP contribution in [0.4, 0.5) is 4.79 Å². The molecule has 0 aliphatic rings. The maximum absolute atomic E-state index is 11.3. The van der Waals surface area contributed by atoms with Crippen LogP contribution in [-0.2, 0) is 6.54 Å². The van der Waals surface area contributed by atoms with Crippen molar-refractivity contribution in [2.75, 3.05) is 0 Å². The predicted molar refractivity (Wildman–Crippen MR) is 68.9 cm³/mol. The number of rotatable bonds is 4. The van der Waals surface area contributed by atoms with Gasteiger partial charge in [0.15, 0.2) is 0 Å². The lowest BCUT2D eigenvalue weighted by Crippen LogP contribution is -2.31. The molecule has 4 heteroatoms. The van der Waals surface area contributed by atoms with Gasteiger partial charge in [-0.3, -0.25) is 0 Å². The average Bonchev–Trinajstić information content (AvgIpc) is 2.28. The van der Waals surface area contributed by atoms with Gasteiger partial charge in [0.05, 0.1) is 0 Å². The first-order chi connectivity index (χ1) is 7.74. The molecule has 1 rings (SSSR count). The Morgan fingerprint density at radius 3 is 2.88 bits per heavy atom. The van der Waals surface area contributed by atoms with Crippen molar-refractivity contribution in [3.05, 3.63) is 46.6 Å². The van der Waals surface area contributed by atoms with Gasteiger partial charge in [-0.1, -0.05) is 47.1 Å². The summed E-state index contributed by atoms with van der Waals surface area (Å²) < 4.78 is 0.999. The van der Waals surface area contributed by atoms with E-state index in [4.69, 9.17) is 0 Å². The molecule has 16 heavy (non-hydrogen) atoms. The highest BCUT2D eigenvalue weighted by Crippen LogP contribution is 2.14. The Morgan fingerprint density at radius 2 is 2.19 bits per heavy atom. The zero-order valence-corrected chi connectivity index (χ0v) is 10.8. The minimum Gasteiger partial charge on any atom is -0.334 e. The van der Waals surface area contributed by atoms with Crippen LogP contribution in [0.15, 0.2) is 41.0 Å². The summed E-state index contributed by atoms with van der Waals surface area (Å²) >= 11 is 3.42. The molecule has 0 heterocycles. The van der Waals surface area contributed by atoms with Gasteiger partial charge >= 0.3 is 6.03 Å². The fourth-order valence-electron chi connectivity index (χ4n) is 1.12. The Balaban J connectivity index is 2.37. The second-order valence-electron chi connectivity index (χ2n) is 3.23. The number of hydrogen-bond donors (Lipinski definition) is 2. The topological polar surface area (TPSA) is 41.1 Å². The normalized spacial score (nSPS) is 10.4. The van der Waals surface area contributed by atoms with Crippen LogP contribution in [0.1, 0.15) is 18.9 Å². The van der Waals surface area contributed by atoms with Crippen LogP contribution in [0.25, 0.3) is 0 Å². The molecule has 0 spiro atoms. The molecular weight excluding hydrogens is 268 g/mol. The van der Waals surface area contributed by atoms with E-state index in [-0.39, 0.29) is 6.03 Å². The molecule has 2 N–H and O–H groups in total. The Labute approximate surface area is 104 Å². The van der Waals surface area contributed by atoms with Crippen molar-refractivity contribution in [2.45, 2.75) is 19.9 Å². The number of benzene rings is 1. The highest BCUT2D eigenvalue weighted by atomic mass is 79.9. The van der Waals surface area contributed by atoms with Crippen LogP contribution in [0, 0.1) is 0 Å². The molecule has 0 unspecified atom stereocenters. The van der Waals surface area contributed by atoms with Gasteiger partial charge in [0.2, 0.25) is 0 Å². The lowest BCUT2D eigenvalue weighted by molar-refractivity contribution is 0.243. The van der Waals surface area contributed by atoms with Crippen LogP contribution in [0.2, 0.25) is 0 Å². The SMILES string of the molecule is CC/C=C/NC(=O)NCc1ccccc1Br. The smallest absolute Gasteiger partial charge is 0.319 e. The Hall–Kier alpha value is -1.29. The van der Waals surface area contributed by atoms with Gasteiger partial charge in [0.25, 0.3) is 0 Å². The quantitative estimate of drug-likeness (QED) is 0.875. The van der Waals surface area contributed by atoms with Crippen molar-refractivity contribution in [1.29, 1.82) is 0 Å². The lowest BCUT2D eigenvalue weighted by Gasteiger charge is -2.06. The monoisotopic (exact) mass is 282 g/mol. The van der Waals surface area contributed by atoms with Gasteiger partial charge in [0, 0.05) is 17.2 Å². The van der Waals surface area contributed by atoms with E-state index in [1.807, 2.05) is 37.3 Å². The van der Waals surface area contributed by atoms with Crippen LogP contribution in [0.3, 0.4) is 0 Å². The first-order valence-electron chi connectivity index (χ1n) is 5.16.